The molecule has 0 radical (unpaired) electrons. The van der Waals surface area contributed by atoms with Gasteiger partial charge in [0, 0.05) is 17.4 Å². The first-order chi connectivity index (χ1) is 21.6. The summed E-state index contributed by atoms with van der Waals surface area (Å²) >= 11 is 0.848. The van der Waals surface area contributed by atoms with Crippen molar-refractivity contribution in [1.29, 1.82) is 5.26 Å². The molecule has 3 N–H and O–H groups in total. The lowest BCUT2D eigenvalue weighted by atomic mass is 10.1. The first-order valence-electron chi connectivity index (χ1n) is 12.8. The zero-order valence-electron chi connectivity index (χ0n) is 23.9. The van der Waals surface area contributed by atoms with Crippen LogP contribution < -0.4 is 30.2 Å². The number of pyridine rings is 1. The minimum Gasteiger partial charge on any atom is -0.493 e. The van der Waals surface area contributed by atoms with Crippen molar-refractivity contribution in [3.05, 3.63) is 71.9 Å². The molecule has 45 heavy (non-hydrogen) atoms. The average Bonchev–Trinajstić information content (AvgIpc) is 3.03. The molecule has 0 saturated heterocycles. The quantitative estimate of drug-likeness (QED) is 0.146. The van der Waals surface area contributed by atoms with E-state index in [2.05, 4.69) is 30.9 Å². The second-order valence-corrected chi connectivity index (χ2v) is 9.75. The highest BCUT2D eigenvalue weighted by molar-refractivity contribution is 7.99. The number of benzene rings is 2. The van der Waals surface area contributed by atoms with Gasteiger partial charge in [0.1, 0.15) is 17.5 Å². The number of methoxy groups -OCH3 is 3. The van der Waals surface area contributed by atoms with Crippen molar-refractivity contribution < 1.29 is 37.0 Å². The summed E-state index contributed by atoms with van der Waals surface area (Å²) in [5.74, 6) is 0.00293. The maximum atomic E-state index is 13.1. The topological polar surface area (TPSA) is 160 Å². The number of nitrogens with one attached hydrogen (secondary N) is 3. The van der Waals surface area contributed by atoms with Gasteiger partial charge in [0.25, 0.3) is 0 Å². The summed E-state index contributed by atoms with van der Waals surface area (Å²) in [6.45, 7) is 0. The predicted octanol–water partition coefficient (Wildman–Crippen LogP) is 5.64. The van der Waals surface area contributed by atoms with Gasteiger partial charge in [0.15, 0.2) is 22.5 Å². The molecule has 0 unspecified atom stereocenters. The van der Waals surface area contributed by atoms with Crippen LogP contribution in [0, 0.1) is 11.3 Å². The Kier molecular flexibility index (Phi) is 10.3. The van der Waals surface area contributed by atoms with Gasteiger partial charge in [0.2, 0.25) is 11.7 Å². The fourth-order valence-corrected chi connectivity index (χ4v) is 4.53. The van der Waals surface area contributed by atoms with Crippen LogP contribution in [0.1, 0.15) is 11.1 Å². The van der Waals surface area contributed by atoms with Crippen molar-refractivity contribution in [2.75, 3.05) is 37.7 Å². The normalized spacial score (nSPS) is 10.8. The molecule has 3 amide bonds. The van der Waals surface area contributed by atoms with E-state index in [0.717, 1.165) is 23.9 Å². The van der Waals surface area contributed by atoms with E-state index in [4.69, 9.17) is 14.2 Å². The van der Waals surface area contributed by atoms with Gasteiger partial charge in [-0.1, -0.05) is 17.8 Å². The number of anilines is 3. The number of rotatable bonds is 10. The van der Waals surface area contributed by atoms with Crippen LogP contribution in [0.5, 0.6) is 17.2 Å². The van der Waals surface area contributed by atoms with Crippen LogP contribution in [-0.4, -0.2) is 54.0 Å². The van der Waals surface area contributed by atoms with Gasteiger partial charge in [-0.05, 0) is 48.5 Å². The van der Waals surface area contributed by atoms with Gasteiger partial charge < -0.3 is 19.5 Å². The molecule has 16 heteroatoms. The second-order valence-electron chi connectivity index (χ2n) is 8.81. The molecule has 2 aromatic carbocycles. The first-order valence-corrected chi connectivity index (χ1v) is 13.8. The number of nitrogens with zero attached hydrogens (tertiary/aromatic N) is 4. The Hall–Kier alpha value is -5.56. The maximum Gasteiger partial charge on any atom is 0.416 e. The summed E-state index contributed by atoms with van der Waals surface area (Å²) in [5, 5.41) is 17.6. The van der Waals surface area contributed by atoms with Crippen LogP contribution >= 0.6 is 11.8 Å². The molecule has 0 aliphatic heterocycles. The molecule has 12 nitrogen and oxygen atoms in total. The molecule has 0 aliphatic rings. The summed E-state index contributed by atoms with van der Waals surface area (Å²) in [6, 6.07) is 13.3. The lowest BCUT2D eigenvalue weighted by Gasteiger charge is -2.16. The SMILES string of the molecule is COc1cc(-c2nc(SCC(=O)NC(=O)Nc3ccccn3)nc(Nc3ccc(C(F)(F)F)cc3)c2C#N)cc(OC)c1OC. The molecular weight excluding hydrogens is 615 g/mol. The monoisotopic (exact) mass is 639 g/mol. The van der Waals surface area contributed by atoms with E-state index in [9.17, 15) is 28.0 Å². The summed E-state index contributed by atoms with van der Waals surface area (Å²) < 4.78 is 55.5. The zero-order valence-corrected chi connectivity index (χ0v) is 24.7. The summed E-state index contributed by atoms with van der Waals surface area (Å²) in [6.07, 6.45) is -3.07. The lowest BCUT2D eigenvalue weighted by Crippen LogP contribution is -2.35. The third kappa shape index (κ3) is 8.09. The Morgan fingerprint density at radius 2 is 1.67 bits per heavy atom. The number of imide groups is 1. The van der Waals surface area contributed by atoms with Gasteiger partial charge in [-0.2, -0.15) is 18.4 Å². The number of nitriles is 1. The number of thioether (sulfide) groups is 1. The highest BCUT2D eigenvalue weighted by Crippen LogP contribution is 2.42. The molecule has 232 valence electrons. The number of halogens is 3. The third-order valence-electron chi connectivity index (χ3n) is 5.91. The average molecular weight is 640 g/mol. The maximum absolute atomic E-state index is 13.1. The summed E-state index contributed by atoms with van der Waals surface area (Å²) in [4.78, 5) is 37.5. The van der Waals surface area contributed by atoms with Crippen LogP contribution in [-0.2, 0) is 11.0 Å². The fraction of sp³-hybridized carbons (Fsp3) is 0.172. The molecule has 4 rings (SSSR count). The Morgan fingerprint density at radius 3 is 2.22 bits per heavy atom. The molecule has 0 spiro atoms. The highest BCUT2D eigenvalue weighted by atomic mass is 32.2. The molecule has 0 bridgehead atoms. The van der Waals surface area contributed by atoms with Crippen LogP contribution in [0.3, 0.4) is 0 Å². The third-order valence-corrected chi connectivity index (χ3v) is 6.75. The smallest absolute Gasteiger partial charge is 0.416 e. The minimum absolute atomic E-state index is 0.00690. The Morgan fingerprint density at radius 1 is 0.978 bits per heavy atom. The molecule has 0 fully saturated rings. The van der Waals surface area contributed by atoms with Crippen LogP contribution in [0.25, 0.3) is 11.3 Å². The molecule has 0 aliphatic carbocycles. The second kappa shape index (κ2) is 14.3. The van der Waals surface area contributed by atoms with E-state index < -0.39 is 23.7 Å². The first kappa shape index (κ1) is 32.4. The highest BCUT2D eigenvalue weighted by Gasteiger charge is 2.30. The van der Waals surface area contributed by atoms with Crippen molar-refractivity contribution in [3.63, 3.8) is 0 Å². The van der Waals surface area contributed by atoms with Gasteiger partial charge in [0.05, 0.1) is 38.3 Å². The lowest BCUT2D eigenvalue weighted by molar-refractivity contribution is -0.137. The number of hydrogen-bond acceptors (Lipinski definition) is 11. The minimum atomic E-state index is -4.54. The standard InChI is InChI=1S/C29H24F3N7O5S/c1-42-20-12-16(13-21(43-2)25(20)44-3)24-19(14-33)26(35-18-9-7-17(8-10-18)29(30,31)32)39-28(38-24)45-15-23(40)37-27(41)36-22-6-4-5-11-34-22/h4-13H,15H2,1-3H3,(H,35,38,39)(H2,34,36,37,40,41). The molecule has 4 aromatic rings. The van der Waals surface area contributed by atoms with Crippen molar-refractivity contribution in [2.45, 2.75) is 11.3 Å². The number of aromatic nitrogens is 3. The number of urea groups is 1. The van der Waals surface area contributed by atoms with Gasteiger partial charge in [-0.15, -0.1) is 0 Å². The summed E-state index contributed by atoms with van der Waals surface area (Å²) in [7, 11) is 4.25. The summed E-state index contributed by atoms with van der Waals surface area (Å²) in [5.41, 5.74) is -0.276. The van der Waals surface area contributed by atoms with E-state index in [1.54, 1.807) is 30.3 Å². The Balaban J connectivity index is 1.69. The Labute approximate surface area is 259 Å². The molecular formula is C29H24F3N7O5S. The van der Waals surface area contributed by atoms with Gasteiger partial charge >= 0.3 is 12.2 Å². The van der Waals surface area contributed by atoms with Crippen molar-refractivity contribution >= 4 is 41.0 Å². The van der Waals surface area contributed by atoms with E-state index in [1.807, 2.05) is 6.07 Å². The largest absolute Gasteiger partial charge is 0.493 e. The van der Waals surface area contributed by atoms with E-state index in [0.29, 0.717) is 5.56 Å². The predicted molar refractivity (Wildman–Crippen MR) is 159 cm³/mol. The number of alkyl halides is 3. The van der Waals surface area contributed by atoms with Crippen LogP contribution in [0.2, 0.25) is 0 Å². The number of carbonyl (C=O) groups is 2. The van der Waals surface area contributed by atoms with E-state index in [-0.39, 0.29) is 56.7 Å². The van der Waals surface area contributed by atoms with Gasteiger partial charge in [-0.3, -0.25) is 15.4 Å². The number of hydrogen-bond donors (Lipinski definition) is 3. The van der Waals surface area contributed by atoms with Crippen molar-refractivity contribution in [3.8, 4) is 34.6 Å². The number of ether oxygens (including phenoxy) is 3. The molecule has 0 atom stereocenters. The van der Waals surface area contributed by atoms with Crippen molar-refractivity contribution in [1.82, 2.24) is 20.3 Å². The van der Waals surface area contributed by atoms with E-state index in [1.165, 1.54) is 39.7 Å². The fourth-order valence-electron chi connectivity index (χ4n) is 3.88. The van der Waals surface area contributed by atoms with Crippen LogP contribution in [0.15, 0.2) is 66.0 Å². The van der Waals surface area contributed by atoms with E-state index >= 15 is 0 Å². The molecule has 2 aromatic heterocycles. The van der Waals surface area contributed by atoms with Crippen molar-refractivity contribution in [2.24, 2.45) is 0 Å². The zero-order chi connectivity index (χ0) is 32.6. The number of carbonyl (C=O) groups excluding carboxylic acids is 2. The number of amides is 3. The molecule has 2 heterocycles. The Bertz CT molecular complexity index is 1710. The van der Waals surface area contributed by atoms with Crippen LogP contribution in [0.4, 0.5) is 35.3 Å². The molecule has 0 saturated carbocycles. The van der Waals surface area contributed by atoms with Gasteiger partial charge in [-0.25, -0.2) is 19.7 Å².